The number of nitrogens with zero attached hydrogens (tertiary/aromatic N) is 4. The van der Waals surface area contributed by atoms with Crippen LogP contribution in [0.2, 0.25) is 0 Å². The highest BCUT2D eigenvalue weighted by Crippen LogP contribution is 2.26. The summed E-state index contributed by atoms with van der Waals surface area (Å²) in [6.07, 6.45) is 4.98. The molecule has 0 saturated carbocycles. The maximum atomic E-state index is 11.8. The van der Waals surface area contributed by atoms with E-state index in [9.17, 15) is 10.1 Å². The molecule has 0 fully saturated rings. The van der Waals surface area contributed by atoms with Crippen molar-refractivity contribution in [2.24, 2.45) is 0 Å². The maximum Gasteiger partial charge on any atom is 0.341 e. The first kappa shape index (κ1) is 15.8. The lowest BCUT2D eigenvalue weighted by Gasteiger charge is -2.09. The van der Waals surface area contributed by atoms with E-state index in [1.54, 1.807) is 17.8 Å². The predicted molar refractivity (Wildman–Crippen MR) is 90.1 cm³/mol. The predicted octanol–water partition coefficient (Wildman–Crippen LogP) is 3.46. The first-order valence-electron chi connectivity index (χ1n) is 7.82. The number of fused-ring (bicyclic) bond motifs is 1. The van der Waals surface area contributed by atoms with Crippen LogP contribution in [0.4, 0.5) is 0 Å². The molecule has 24 heavy (non-hydrogen) atoms. The number of rotatable bonds is 4. The van der Waals surface area contributed by atoms with Crippen LogP contribution in [0, 0.1) is 11.3 Å². The maximum absolute atomic E-state index is 11.8. The third kappa shape index (κ3) is 2.65. The summed E-state index contributed by atoms with van der Waals surface area (Å²) < 4.78 is 8.66. The molecule has 0 saturated heterocycles. The van der Waals surface area contributed by atoms with Crippen molar-refractivity contribution in [2.45, 2.75) is 26.8 Å². The van der Waals surface area contributed by atoms with Crippen LogP contribution in [0.25, 0.3) is 16.6 Å². The average Bonchev–Trinajstić information content (AvgIpc) is 3.19. The van der Waals surface area contributed by atoms with Gasteiger partial charge in [0, 0.05) is 29.3 Å². The van der Waals surface area contributed by atoms with Gasteiger partial charge in [-0.05, 0) is 39.0 Å². The SMILES string of the molecule is CCOC(=O)c1cnn(-c2ccc3c(c2)c(C#N)cn3C(C)C)c1. The van der Waals surface area contributed by atoms with Gasteiger partial charge in [-0.2, -0.15) is 10.4 Å². The van der Waals surface area contributed by atoms with E-state index in [0.29, 0.717) is 17.7 Å². The van der Waals surface area contributed by atoms with Gasteiger partial charge in [0.2, 0.25) is 0 Å². The van der Waals surface area contributed by atoms with Gasteiger partial charge in [-0.3, -0.25) is 0 Å². The third-order valence-corrected chi connectivity index (χ3v) is 3.85. The fraction of sp³-hybridized carbons (Fsp3) is 0.278. The minimum absolute atomic E-state index is 0.264. The van der Waals surface area contributed by atoms with Gasteiger partial charge in [0.25, 0.3) is 0 Å². The molecular formula is C18H18N4O2. The molecule has 0 aliphatic rings. The molecule has 0 atom stereocenters. The van der Waals surface area contributed by atoms with Crippen LogP contribution in [0.5, 0.6) is 0 Å². The zero-order valence-corrected chi connectivity index (χ0v) is 13.9. The van der Waals surface area contributed by atoms with Gasteiger partial charge in [0.1, 0.15) is 6.07 Å². The standard InChI is InChI=1S/C18H18N4O2/c1-4-24-18(23)14-9-20-22(11-14)15-5-6-17-16(7-15)13(8-19)10-21(17)12(2)3/h5-7,9-12H,4H2,1-3H3. The minimum atomic E-state index is -0.395. The summed E-state index contributed by atoms with van der Waals surface area (Å²) in [6.45, 7) is 6.24. The molecule has 6 nitrogen and oxygen atoms in total. The van der Waals surface area contributed by atoms with Crippen LogP contribution in [0.1, 0.15) is 42.7 Å². The molecule has 0 unspecified atom stereocenters. The van der Waals surface area contributed by atoms with Crippen molar-refractivity contribution in [3.63, 3.8) is 0 Å². The van der Waals surface area contributed by atoms with Gasteiger partial charge in [-0.25, -0.2) is 9.48 Å². The first-order chi connectivity index (χ1) is 11.5. The Kier molecular flexibility index (Phi) is 4.09. The van der Waals surface area contributed by atoms with Crippen molar-refractivity contribution in [3.05, 3.63) is 47.9 Å². The van der Waals surface area contributed by atoms with E-state index in [4.69, 9.17) is 4.74 Å². The van der Waals surface area contributed by atoms with Gasteiger partial charge in [0.15, 0.2) is 0 Å². The Morgan fingerprint density at radius 1 is 1.38 bits per heavy atom. The monoisotopic (exact) mass is 322 g/mol. The lowest BCUT2D eigenvalue weighted by Crippen LogP contribution is -2.03. The van der Waals surface area contributed by atoms with Crippen LogP contribution in [0.3, 0.4) is 0 Å². The topological polar surface area (TPSA) is 72.8 Å². The van der Waals surface area contributed by atoms with E-state index in [1.165, 1.54) is 6.20 Å². The van der Waals surface area contributed by atoms with E-state index in [-0.39, 0.29) is 6.04 Å². The molecule has 0 bridgehead atoms. The molecule has 0 N–H and O–H groups in total. The Morgan fingerprint density at radius 3 is 2.83 bits per heavy atom. The van der Waals surface area contributed by atoms with Crippen LogP contribution >= 0.6 is 0 Å². The van der Waals surface area contributed by atoms with Crippen LogP contribution in [-0.4, -0.2) is 26.9 Å². The van der Waals surface area contributed by atoms with Crippen molar-refractivity contribution in [1.82, 2.24) is 14.3 Å². The van der Waals surface area contributed by atoms with E-state index in [2.05, 4.69) is 29.6 Å². The van der Waals surface area contributed by atoms with Crippen LogP contribution in [0.15, 0.2) is 36.8 Å². The molecule has 0 amide bonds. The Hall–Kier alpha value is -3.07. The highest BCUT2D eigenvalue weighted by atomic mass is 16.5. The fourth-order valence-corrected chi connectivity index (χ4v) is 2.69. The summed E-state index contributed by atoms with van der Waals surface area (Å²) in [7, 11) is 0. The van der Waals surface area contributed by atoms with Crippen molar-refractivity contribution in [2.75, 3.05) is 6.61 Å². The van der Waals surface area contributed by atoms with Crippen LogP contribution < -0.4 is 0 Å². The summed E-state index contributed by atoms with van der Waals surface area (Å²) in [5, 5.41) is 14.5. The van der Waals surface area contributed by atoms with Gasteiger partial charge < -0.3 is 9.30 Å². The molecule has 0 aliphatic carbocycles. The van der Waals surface area contributed by atoms with Gasteiger partial charge in [-0.1, -0.05) is 0 Å². The molecule has 1 aromatic carbocycles. The number of hydrogen-bond acceptors (Lipinski definition) is 4. The second-order valence-electron chi connectivity index (χ2n) is 5.75. The summed E-state index contributed by atoms with van der Waals surface area (Å²) in [6, 6.07) is 8.31. The summed E-state index contributed by atoms with van der Waals surface area (Å²) >= 11 is 0. The summed E-state index contributed by atoms with van der Waals surface area (Å²) in [4.78, 5) is 11.8. The Labute approximate surface area is 139 Å². The number of carbonyl (C=O) groups is 1. The summed E-state index contributed by atoms with van der Waals surface area (Å²) in [5.41, 5.74) is 2.81. The second kappa shape index (κ2) is 6.20. The lowest BCUT2D eigenvalue weighted by atomic mass is 10.1. The number of aromatic nitrogens is 3. The highest BCUT2D eigenvalue weighted by Gasteiger charge is 2.13. The summed E-state index contributed by atoms with van der Waals surface area (Å²) in [5.74, 6) is -0.395. The van der Waals surface area contributed by atoms with E-state index in [1.807, 2.05) is 24.4 Å². The van der Waals surface area contributed by atoms with Gasteiger partial charge >= 0.3 is 5.97 Å². The van der Waals surface area contributed by atoms with Gasteiger partial charge in [-0.15, -0.1) is 0 Å². The molecule has 0 spiro atoms. The Bertz CT molecular complexity index is 944. The third-order valence-electron chi connectivity index (χ3n) is 3.85. The second-order valence-corrected chi connectivity index (χ2v) is 5.75. The molecule has 122 valence electrons. The van der Waals surface area contributed by atoms with Gasteiger partial charge in [0.05, 0.1) is 29.6 Å². The zero-order valence-electron chi connectivity index (χ0n) is 13.9. The molecule has 0 radical (unpaired) electrons. The molecule has 6 heteroatoms. The quantitative estimate of drug-likeness (QED) is 0.690. The van der Waals surface area contributed by atoms with Crippen LogP contribution in [-0.2, 0) is 4.74 Å². The molecule has 0 aliphatic heterocycles. The number of esters is 1. The molecule has 2 aromatic heterocycles. The number of benzene rings is 1. The van der Waals surface area contributed by atoms with Crippen molar-refractivity contribution >= 4 is 16.9 Å². The smallest absolute Gasteiger partial charge is 0.341 e. The molecule has 3 aromatic rings. The highest BCUT2D eigenvalue weighted by molar-refractivity contribution is 5.90. The number of nitriles is 1. The fourth-order valence-electron chi connectivity index (χ4n) is 2.69. The molecule has 2 heterocycles. The normalized spacial score (nSPS) is 11.0. The first-order valence-corrected chi connectivity index (χ1v) is 7.82. The number of ether oxygens (including phenoxy) is 1. The van der Waals surface area contributed by atoms with Crippen molar-refractivity contribution in [3.8, 4) is 11.8 Å². The van der Waals surface area contributed by atoms with Crippen molar-refractivity contribution < 1.29 is 9.53 Å². The Morgan fingerprint density at radius 2 is 2.17 bits per heavy atom. The number of carbonyl (C=O) groups excluding carboxylic acids is 1. The van der Waals surface area contributed by atoms with E-state index in [0.717, 1.165) is 16.6 Å². The largest absolute Gasteiger partial charge is 0.462 e. The minimum Gasteiger partial charge on any atom is -0.462 e. The van der Waals surface area contributed by atoms with E-state index < -0.39 is 5.97 Å². The molecular weight excluding hydrogens is 304 g/mol. The molecule has 3 rings (SSSR count). The average molecular weight is 322 g/mol. The van der Waals surface area contributed by atoms with Crippen molar-refractivity contribution in [1.29, 1.82) is 5.26 Å². The van der Waals surface area contributed by atoms with E-state index >= 15 is 0 Å². The lowest BCUT2D eigenvalue weighted by molar-refractivity contribution is 0.0526. The number of hydrogen-bond donors (Lipinski definition) is 0. The Balaban J connectivity index is 2.06. The zero-order chi connectivity index (χ0) is 17.3.